The quantitative estimate of drug-likeness (QED) is 0.565. The second-order valence-electron chi connectivity index (χ2n) is 5.15. The van der Waals surface area contributed by atoms with Crippen LogP contribution in [0.3, 0.4) is 0 Å². The molecule has 23 heavy (non-hydrogen) atoms. The molecule has 0 aliphatic rings. The van der Waals surface area contributed by atoms with Crippen LogP contribution in [-0.2, 0) is 4.74 Å². The number of nitrogens with zero attached hydrogens (tertiary/aromatic N) is 2. The number of para-hydroxylation sites is 1. The molecule has 1 heterocycles. The summed E-state index contributed by atoms with van der Waals surface area (Å²) < 4.78 is 10.9. The third-order valence-corrected chi connectivity index (χ3v) is 3.41. The summed E-state index contributed by atoms with van der Waals surface area (Å²) in [6.45, 7) is 4.87. The van der Waals surface area contributed by atoms with E-state index in [0.29, 0.717) is 24.7 Å². The predicted octanol–water partition coefficient (Wildman–Crippen LogP) is 3.61. The van der Waals surface area contributed by atoms with Gasteiger partial charge in [-0.1, -0.05) is 38.3 Å². The van der Waals surface area contributed by atoms with Crippen molar-refractivity contribution in [2.75, 3.05) is 13.2 Å². The largest absolute Gasteiger partial charge is 0.493 e. The van der Waals surface area contributed by atoms with Crippen LogP contribution in [0.4, 0.5) is 0 Å². The number of nitrogens with one attached hydrogen (secondary N) is 1. The first kappa shape index (κ1) is 17.0. The number of aromatic nitrogens is 3. The smallest absolute Gasteiger partial charge is 0.361 e. The number of hydrogen-bond donors (Lipinski definition) is 1. The number of rotatable bonds is 9. The van der Waals surface area contributed by atoms with Crippen molar-refractivity contribution in [2.24, 2.45) is 0 Å². The number of benzene rings is 1. The summed E-state index contributed by atoms with van der Waals surface area (Å²) in [6.07, 6.45) is 4.56. The fourth-order valence-electron chi connectivity index (χ4n) is 2.26. The normalized spacial score (nSPS) is 10.5. The summed E-state index contributed by atoms with van der Waals surface area (Å²) in [5.41, 5.74) is 1.36. The van der Waals surface area contributed by atoms with E-state index in [0.717, 1.165) is 18.4 Å². The summed E-state index contributed by atoms with van der Waals surface area (Å²) in [5, 5.41) is 10.5. The SMILES string of the molecule is CCCCCCOc1ccccc1-c1n[nH]nc1C(=O)OCC. The number of ether oxygens (including phenoxy) is 2. The molecule has 0 fully saturated rings. The summed E-state index contributed by atoms with van der Waals surface area (Å²) in [4.78, 5) is 12.0. The zero-order valence-electron chi connectivity index (χ0n) is 13.7. The number of hydrogen-bond acceptors (Lipinski definition) is 5. The Hall–Kier alpha value is -2.37. The molecule has 2 rings (SSSR count). The van der Waals surface area contributed by atoms with Gasteiger partial charge in [0.15, 0.2) is 5.69 Å². The summed E-state index contributed by atoms with van der Waals surface area (Å²) in [5.74, 6) is 0.206. The van der Waals surface area contributed by atoms with Crippen molar-refractivity contribution in [3.8, 4) is 17.0 Å². The highest BCUT2D eigenvalue weighted by molar-refractivity contribution is 5.94. The van der Waals surface area contributed by atoms with Gasteiger partial charge < -0.3 is 9.47 Å². The average molecular weight is 317 g/mol. The highest BCUT2D eigenvalue weighted by Gasteiger charge is 2.21. The molecule has 124 valence electrons. The zero-order chi connectivity index (χ0) is 16.5. The number of aromatic amines is 1. The van der Waals surface area contributed by atoms with E-state index < -0.39 is 5.97 Å². The molecule has 0 radical (unpaired) electrons. The highest BCUT2D eigenvalue weighted by Crippen LogP contribution is 2.30. The van der Waals surface area contributed by atoms with Crippen LogP contribution >= 0.6 is 0 Å². The highest BCUT2D eigenvalue weighted by atomic mass is 16.5. The van der Waals surface area contributed by atoms with Gasteiger partial charge in [-0.3, -0.25) is 0 Å². The van der Waals surface area contributed by atoms with E-state index >= 15 is 0 Å². The number of esters is 1. The molecule has 0 saturated heterocycles. The lowest BCUT2D eigenvalue weighted by Gasteiger charge is -2.10. The first-order valence-corrected chi connectivity index (χ1v) is 8.08. The first-order valence-electron chi connectivity index (χ1n) is 8.08. The summed E-state index contributed by atoms with van der Waals surface area (Å²) >= 11 is 0. The first-order chi connectivity index (χ1) is 11.3. The Labute approximate surface area is 136 Å². The van der Waals surface area contributed by atoms with E-state index in [1.165, 1.54) is 12.8 Å². The topological polar surface area (TPSA) is 77.1 Å². The maximum atomic E-state index is 12.0. The van der Waals surface area contributed by atoms with Crippen LogP contribution in [0.1, 0.15) is 50.0 Å². The molecule has 0 unspecified atom stereocenters. The van der Waals surface area contributed by atoms with Gasteiger partial charge in [0.25, 0.3) is 0 Å². The third kappa shape index (κ3) is 4.55. The van der Waals surface area contributed by atoms with Gasteiger partial charge in [0.05, 0.1) is 13.2 Å². The summed E-state index contributed by atoms with van der Waals surface area (Å²) in [6, 6.07) is 7.51. The molecule has 0 spiro atoms. The van der Waals surface area contributed by atoms with Crippen molar-refractivity contribution in [2.45, 2.75) is 39.5 Å². The maximum absolute atomic E-state index is 12.0. The molecule has 0 aliphatic carbocycles. The molecule has 6 nitrogen and oxygen atoms in total. The molecular formula is C17H23N3O3. The molecule has 2 aromatic rings. The molecule has 0 aliphatic heterocycles. The van der Waals surface area contributed by atoms with E-state index in [1.54, 1.807) is 6.92 Å². The van der Waals surface area contributed by atoms with Crippen molar-refractivity contribution >= 4 is 5.97 Å². The second kappa shape index (κ2) is 8.92. The van der Waals surface area contributed by atoms with Crippen LogP contribution in [0.2, 0.25) is 0 Å². The Bertz CT molecular complexity index is 625. The van der Waals surface area contributed by atoms with Crippen molar-refractivity contribution in [3.05, 3.63) is 30.0 Å². The average Bonchev–Trinajstić information content (AvgIpc) is 3.05. The number of unbranched alkanes of at least 4 members (excludes halogenated alkanes) is 3. The minimum absolute atomic E-state index is 0.175. The molecule has 1 aromatic carbocycles. The van der Waals surface area contributed by atoms with Crippen LogP contribution in [0, 0.1) is 0 Å². The number of carbonyl (C=O) groups excluding carboxylic acids is 1. The van der Waals surface area contributed by atoms with E-state index in [-0.39, 0.29) is 5.69 Å². The Morgan fingerprint density at radius 3 is 2.74 bits per heavy atom. The predicted molar refractivity (Wildman–Crippen MR) is 87.4 cm³/mol. The van der Waals surface area contributed by atoms with Gasteiger partial charge >= 0.3 is 5.97 Å². The molecule has 0 bridgehead atoms. The Morgan fingerprint density at radius 2 is 1.96 bits per heavy atom. The van der Waals surface area contributed by atoms with Gasteiger partial charge in [-0.05, 0) is 25.5 Å². The number of H-pyrrole nitrogens is 1. The van der Waals surface area contributed by atoms with Crippen LogP contribution < -0.4 is 4.74 Å². The van der Waals surface area contributed by atoms with Crippen LogP contribution in [0.5, 0.6) is 5.75 Å². The van der Waals surface area contributed by atoms with Gasteiger partial charge in [-0.25, -0.2) is 4.79 Å². The third-order valence-electron chi connectivity index (χ3n) is 3.41. The van der Waals surface area contributed by atoms with E-state index in [9.17, 15) is 4.79 Å². The molecule has 0 amide bonds. The van der Waals surface area contributed by atoms with Crippen molar-refractivity contribution in [1.29, 1.82) is 0 Å². The van der Waals surface area contributed by atoms with Gasteiger partial charge in [-0.15, -0.1) is 5.10 Å². The van der Waals surface area contributed by atoms with Gasteiger partial charge in [0.2, 0.25) is 0 Å². The lowest BCUT2D eigenvalue weighted by atomic mass is 10.1. The Balaban J connectivity index is 2.14. The minimum Gasteiger partial charge on any atom is -0.493 e. The molecule has 0 atom stereocenters. The van der Waals surface area contributed by atoms with Gasteiger partial charge in [0.1, 0.15) is 11.4 Å². The van der Waals surface area contributed by atoms with E-state index in [1.807, 2.05) is 24.3 Å². The summed E-state index contributed by atoms with van der Waals surface area (Å²) in [7, 11) is 0. The molecule has 0 saturated carbocycles. The zero-order valence-corrected chi connectivity index (χ0v) is 13.7. The second-order valence-corrected chi connectivity index (χ2v) is 5.15. The maximum Gasteiger partial charge on any atom is 0.361 e. The van der Waals surface area contributed by atoms with Gasteiger partial charge in [0, 0.05) is 5.56 Å². The van der Waals surface area contributed by atoms with Crippen LogP contribution in [0.15, 0.2) is 24.3 Å². The Kier molecular flexibility index (Phi) is 6.59. The monoisotopic (exact) mass is 317 g/mol. The fraction of sp³-hybridized carbons (Fsp3) is 0.471. The molecule has 1 aromatic heterocycles. The van der Waals surface area contributed by atoms with Crippen molar-refractivity contribution in [3.63, 3.8) is 0 Å². The lowest BCUT2D eigenvalue weighted by Crippen LogP contribution is -2.07. The van der Waals surface area contributed by atoms with Crippen LogP contribution in [0.25, 0.3) is 11.3 Å². The Morgan fingerprint density at radius 1 is 1.13 bits per heavy atom. The lowest BCUT2D eigenvalue weighted by molar-refractivity contribution is 0.0520. The van der Waals surface area contributed by atoms with Crippen molar-refractivity contribution in [1.82, 2.24) is 15.4 Å². The molecular weight excluding hydrogens is 294 g/mol. The van der Waals surface area contributed by atoms with E-state index in [2.05, 4.69) is 22.3 Å². The van der Waals surface area contributed by atoms with Crippen LogP contribution in [-0.4, -0.2) is 34.6 Å². The molecule has 6 heteroatoms. The standard InChI is InChI=1S/C17H23N3O3/c1-3-5-6-9-12-23-14-11-8-7-10-13(14)15-16(19-20-18-15)17(21)22-4-2/h7-8,10-11H,3-6,9,12H2,1-2H3,(H,18,19,20). The van der Waals surface area contributed by atoms with Crippen molar-refractivity contribution < 1.29 is 14.3 Å². The van der Waals surface area contributed by atoms with E-state index in [4.69, 9.17) is 9.47 Å². The fourth-order valence-corrected chi connectivity index (χ4v) is 2.26. The van der Waals surface area contributed by atoms with Gasteiger partial charge in [-0.2, -0.15) is 10.3 Å². The minimum atomic E-state index is -0.492. The molecule has 1 N–H and O–H groups in total. The number of carbonyl (C=O) groups is 1.